The van der Waals surface area contributed by atoms with Gasteiger partial charge >= 0.3 is 0 Å². The Morgan fingerprint density at radius 1 is 0.323 bits per heavy atom. The van der Waals surface area contributed by atoms with E-state index in [1.807, 2.05) is 24.3 Å². The number of hydrogen-bond donors (Lipinski definition) is 0. The Kier molecular flexibility index (Phi) is 13.4. The van der Waals surface area contributed by atoms with E-state index in [0.29, 0.717) is 0 Å². The van der Waals surface area contributed by atoms with Crippen molar-refractivity contribution in [2.45, 2.75) is 6.54 Å². The smallest absolute Gasteiger partial charge is 0.200 e. The maximum absolute atomic E-state index is 15.4. The van der Waals surface area contributed by atoms with Crippen molar-refractivity contribution in [2.24, 2.45) is 0 Å². The summed E-state index contributed by atoms with van der Waals surface area (Å²) in [4.78, 5) is 0. The number of halogens is 21. The van der Waals surface area contributed by atoms with E-state index >= 15 is 35.1 Å². The Hall–Kier alpha value is -6.58. The molecule has 0 unspecified atom stereocenters. The lowest BCUT2D eigenvalue weighted by molar-refractivity contribution is -0.688. The van der Waals surface area contributed by atoms with Crippen molar-refractivity contribution in [3.63, 3.8) is 0 Å². The highest BCUT2D eigenvalue weighted by Crippen LogP contribution is 2.31. The molecule has 0 radical (unpaired) electrons. The molecular formula is C42H15BClF20N. The van der Waals surface area contributed by atoms with Gasteiger partial charge in [0.05, 0.1) is 0 Å². The second-order valence-corrected chi connectivity index (χ2v) is 14.0. The minimum absolute atomic E-state index is 0.767. The van der Waals surface area contributed by atoms with Gasteiger partial charge in [0.25, 0.3) is 0 Å². The average Bonchev–Trinajstić information content (AvgIpc) is 3.29. The van der Waals surface area contributed by atoms with Crippen molar-refractivity contribution < 1.29 is 92.4 Å². The molecule has 0 aliphatic rings. The van der Waals surface area contributed by atoms with Crippen LogP contribution >= 0.6 is 11.6 Å². The third kappa shape index (κ3) is 7.90. The van der Waals surface area contributed by atoms with Gasteiger partial charge in [-0.05, 0) is 23.3 Å². The van der Waals surface area contributed by atoms with Crippen LogP contribution in [0.3, 0.4) is 0 Å². The Bertz CT molecular complexity index is 2640. The minimum Gasteiger partial charge on any atom is -0.207 e. The first-order valence-corrected chi connectivity index (χ1v) is 17.9. The number of pyridine rings is 1. The predicted molar refractivity (Wildman–Crippen MR) is 192 cm³/mol. The van der Waals surface area contributed by atoms with Crippen LogP contribution < -0.4 is 26.4 Å². The van der Waals surface area contributed by atoms with Gasteiger partial charge in [-0.3, -0.25) is 0 Å². The molecule has 0 spiro atoms. The van der Waals surface area contributed by atoms with Crippen LogP contribution in [0.4, 0.5) is 87.8 Å². The van der Waals surface area contributed by atoms with Gasteiger partial charge in [-0.15, -0.1) is 21.9 Å². The first kappa shape index (κ1) is 47.9. The highest BCUT2D eigenvalue weighted by molar-refractivity contribution is 7.20. The zero-order chi connectivity index (χ0) is 48.1. The van der Waals surface area contributed by atoms with Gasteiger partial charge in [0, 0.05) is 22.7 Å². The predicted octanol–water partition coefficient (Wildman–Crippen LogP) is 10.2. The molecule has 7 aromatic rings. The summed E-state index contributed by atoms with van der Waals surface area (Å²) in [6, 6.07) is 22.6. The summed E-state index contributed by atoms with van der Waals surface area (Å²) in [7, 11) is 0. The Labute approximate surface area is 355 Å². The molecule has 0 atom stereocenters. The van der Waals surface area contributed by atoms with E-state index in [1.165, 1.54) is 11.1 Å². The summed E-state index contributed by atoms with van der Waals surface area (Å²) in [6.07, 6.45) is -3.02. The fraction of sp³-hybridized carbons (Fsp3) is 0.0238. The van der Waals surface area contributed by atoms with Crippen molar-refractivity contribution >= 4 is 39.6 Å². The van der Waals surface area contributed by atoms with Crippen LogP contribution in [0.5, 0.6) is 0 Å². The Balaban J connectivity index is 0.000000289. The molecule has 7 rings (SSSR count). The molecule has 0 saturated heterocycles. The van der Waals surface area contributed by atoms with Crippen molar-refractivity contribution in [1.29, 1.82) is 0 Å². The number of benzene rings is 6. The van der Waals surface area contributed by atoms with Gasteiger partial charge in [-0.1, -0.05) is 54.1 Å². The summed E-state index contributed by atoms with van der Waals surface area (Å²) < 4.78 is 296. The third-order valence-electron chi connectivity index (χ3n) is 9.96. The topological polar surface area (TPSA) is 3.88 Å². The number of aromatic nitrogens is 1. The minimum atomic E-state index is -7.22. The molecule has 1 nitrogen and oxygen atoms in total. The Morgan fingerprint density at radius 3 is 0.908 bits per heavy atom. The van der Waals surface area contributed by atoms with Gasteiger partial charge < -0.3 is 0 Å². The maximum Gasteiger partial charge on any atom is 0.200 e. The molecule has 1 heterocycles. The Morgan fingerprint density at radius 2 is 0.615 bits per heavy atom. The number of hydrogen-bond acceptors (Lipinski definition) is 0. The number of nitrogens with zero attached hydrogens (tertiary/aromatic N) is 1. The van der Waals surface area contributed by atoms with Crippen molar-refractivity contribution in [2.75, 3.05) is 0 Å². The maximum atomic E-state index is 15.4. The second kappa shape index (κ2) is 18.1. The molecule has 338 valence electrons. The normalized spacial score (nSPS) is 11.5. The van der Waals surface area contributed by atoms with Crippen LogP contribution in [-0.2, 0) is 6.54 Å². The van der Waals surface area contributed by atoms with E-state index < -0.39 is 144 Å². The lowest BCUT2D eigenvalue weighted by atomic mass is 9.12. The zero-order valence-electron chi connectivity index (χ0n) is 31.2. The molecule has 0 aliphatic heterocycles. The van der Waals surface area contributed by atoms with Crippen molar-refractivity contribution in [1.82, 2.24) is 0 Å². The van der Waals surface area contributed by atoms with Crippen LogP contribution in [0.2, 0.25) is 5.02 Å². The second-order valence-electron chi connectivity index (χ2n) is 13.6. The van der Waals surface area contributed by atoms with Crippen molar-refractivity contribution in [3.05, 3.63) is 206 Å². The van der Waals surface area contributed by atoms with E-state index in [2.05, 4.69) is 59.4 Å². The summed E-state index contributed by atoms with van der Waals surface area (Å²) in [5, 5.41) is 0.767. The van der Waals surface area contributed by atoms with Gasteiger partial charge in [-0.2, -0.15) is 0 Å². The lowest BCUT2D eigenvalue weighted by Gasteiger charge is -2.44. The monoisotopic (exact) mass is 959 g/mol. The number of rotatable bonds is 7. The largest absolute Gasteiger partial charge is 0.207 e. The lowest BCUT2D eigenvalue weighted by Crippen LogP contribution is -2.81. The zero-order valence-corrected chi connectivity index (χ0v) is 31.9. The summed E-state index contributed by atoms with van der Waals surface area (Å²) in [5.41, 5.74) is -10.7. The summed E-state index contributed by atoms with van der Waals surface area (Å²) >= 11 is 6.03. The molecular weight excluding hydrogens is 945 g/mol. The van der Waals surface area contributed by atoms with Crippen LogP contribution in [0, 0.1) is 116 Å². The average molecular weight is 960 g/mol. The molecule has 0 fully saturated rings. The first-order chi connectivity index (χ1) is 30.5. The van der Waals surface area contributed by atoms with Crippen LogP contribution in [0.25, 0.3) is 11.1 Å². The van der Waals surface area contributed by atoms with Gasteiger partial charge in [0.15, 0.2) is 88.7 Å². The summed E-state index contributed by atoms with van der Waals surface area (Å²) in [5.74, 6) is -71.4. The fourth-order valence-electron chi connectivity index (χ4n) is 7.09. The van der Waals surface area contributed by atoms with Gasteiger partial charge in [0.1, 0.15) is 52.7 Å². The summed E-state index contributed by atoms with van der Waals surface area (Å²) in [6.45, 7) is 0.886. The van der Waals surface area contributed by atoms with E-state index in [0.717, 1.165) is 17.1 Å². The van der Waals surface area contributed by atoms with E-state index in [4.69, 9.17) is 11.6 Å². The van der Waals surface area contributed by atoms with Crippen LogP contribution in [0.1, 0.15) is 5.56 Å². The molecule has 23 heteroatoms. The molecule has 0 bridgehead atoms. The van der Waals surface area contributed by atoms with Gasteiger partial charge in [0.2, 0.25) is 0 Å². The SMILES string of the molecule is Clc1cccc(-c2cc[n+](Cc3ccccc3)cc2)c1.Fc1c(F)c(F)c([B-](c2c(F)c(F)c(F)c(F)c2F)(c2c(F)c(F)c(F)c(F)c2F)c2c(F)c(F)c(F)c(F)c2F)c(F)c1F. The van der Waals surface area contributed by atoms with Crippen molar-refractivity contribution in [3.8, 4) is 11.1 Å². The molecule has 1 aromatic heterocycles. The van der Waals surface area contributed by atoms with E-state index in [-0.39, 0.29) is 0 Å². The molecule has 0 saturated carbocycles. The quantitative estimate of drug-likeness (QED) is 0.0493. The van der Waals surface area contributed by atoms with Gasteiger partial charge in [-0.25, -0.2) is 92.4 Å². The van der Waals surface area contributed by atoms with E-state index in [1.54, 1.807) is 0 Å². The molecule has 0 N–H and O–H groups in total. The van der Waals surface area contributed by atoms with Crippen LogP contribution in [0.15, 0.2) is 79.1 Å². The van der Waals surface area contributed by atoms with Crippen LogP contribution in [-0.4, -0.2) is 6.15 Å². The molecule has 6 aromatic carbocycles. The highest BCUT2D eigenvalue weighted by Gasteiger charge is 2.52. The highest BCUT2D eigenvalue weighted by atomic mass is 35.5. The molecule has 65 heavy (non-hydrogen) atoms. The van der Waals surface area contributed by atoms with E-state index in [9.17, 15) is 52.7 Å². The molecule has 0 aliphatic carbocycles. The standard InChI is InChI=1S/C24BF20.C18H15ClN/c26-5-1(6(27)14(35)21(42)13(5)34)25(2-7(28)15(36)22(43)16(37)8(2)29,3-9(30)17(38)23(44)18(39)10(3)31)4-11(32)19(40)24(45)20(41)12(4)33;19-18-8-4-7-17(13-18)16-9-11-20(12-10-16)14-15-5-2-1-3-6-15/h;1-13H,14H2/q-1;+1. The first-order valence-electron chi connectivity index (χ1n) is 17.5. The molecule has 0 amide bonds. The fourth-order valence-corrected chi connectivity index (χ4v) is 7.28. The third-order valence-corrected chi connectivity index (χ3v) is 10.2.